The van der Waals surface area contributed by atoms with Crippen molar-refractivity contribution >= 4 is 0 Å². The molecule has 24 heavy (non-hydrogen) atoms. The second kappa shape index (κ2) is 8.32. The topological polar surface area (TPSA) is 158 Å². The van der Waals surface area contributed by atoms with E-state index in [4.69, 9.17) is 18.9 Å². The summed E-state index contributed by atoms with van der Waals surface area (Å²) < 4.78 is 21.1. The van der Waals surface area contributed by atoms with Crippen molar-refractivity contribution in [1.82, 2.24) is 0 Å². The van der Waals surface area contributed by atoms with Gasteiger partial charge in [0.1, 0.15) is 30.5 Å². The molecule has 10 nitrogen and oxygen atoms in total. The summed E-state index contributed by atoms with van der Waals surface area (Å²) in [6, 6.07) is 0. The van der Waals surface area contributed by atoms with Gasteiger partial charge in [0.15, 0.2) is 12.6 Å². The molecule has 0 aromatic carbocycles. The molecule has 4 unspecified atom stereocenters. The molecule has 2 rings (SSSR count). The van der Waals surface area contributed by atoms with Crippen molar-refractivity contribution < 1.29 is 49.6 Å². The fraction of sp³-hybridized carbons (Fsp3) is 1.00. The summed E-state index contributed by atoms with van der Waals surface area (Å²) >= 11 is 0. The van der Waals surface area contributed by atoms with Gasteiger partial charge in [-0.1, -0.05) is 6.92 Å². The first-order chi connectivity index (χ1) is 11.3. The Kier molecular flexibility index (Phi) is 6.90. The van der Waals surface area contributed by atoms with E-state index in [1.54, 1.807) is 6.92 Å². The van der Waals surface area contributed by atoms with Crippen molar-refractivity contribution in [2.75, 3.05) is 20.3 Å². The molecule has 10 heteroatoms. The highest BCUT2D eigenvalue weighted by Gasteiger charge is 2.49. The first kappa shape index (κ1) is 19.9. The van der Waals surface area contributed by atoms with Crippen molar-refractivity contribution in [3.63, 3.8) is 0 Å². The van der Waals surface area contributed by atoms with E-state index in [1.807, 2.05) is 0 Å². The molecular formula is C14H26O10. The van der Waals surface area contributed by atoms with Crippen LogP contribution in [0.4, 0.5) is 0 Å². The van der Waals surface area contributed by atoms with Crippen molar-refractivity contribution in [2.45, 2.75) is 62.2 Å². The van der Waals surface area contributed by atoms with Gasteiger partial charge in [-0.25, -0.2) is 0 Å². The van der Waals surface area contributed by atoms with Crippen LogP contribution in [-0.2, 0) is 18.9 Å². The molecule has 0 bridgehead atoms. The smallest absolute Gasteiger partial charge is 0.187 e. The van der Waals surface area contributed by atoms with Crippen LogP contribution in [0, 0.1) is 5.92 Å². The molecular weight excluding hydrogens is 328 g/mol. The maximum Gasteiger partial charge on any atom is 0.187 e. The zero-order valence-electron chi connectivity index (χ0n) is 13.5. The SMILES string of the molecule is CO[C@@H]1O[C@@H](CO)[C@@H](OC2OC(CO)[C@@H](C)[C@H](O)[C@@H]2O)C(O)C1O. The summed E-state index contributed by atoms with van der Waals surface area (Å²) in [5.41, 5.74) is 0. The zero-order chi connectivity index (χ0) is 18.0. The first-order valence-electron chi connectivity index (χ1n) is 7.78. The molecule has 6 N–H and O–H groups in total. The van der Waals surface area contributed by atoms with Crippen LogP contribution >= 0.6 is 0 Å². The fourth-order valence-corrected chi connectivity index (χ4v) is 2.96. The molecule has 2 aliphatic rings. The van der Waals surface area contributed by atoms with E-state index in [9.17, 15) is 30.6 Å². The van der Waals surface area contributed by atoms with E-state index < -0.39 is 74.4 Å². The number of methoxy groups -OCH3 is 1. The Hall–Kier alpha value is -0.400. The van der Waals surface area contributed by atoms with E-state index >= 15 is 0 Å². The van der Waals surface area contributed by atoms with E-state index in [2.05, 4.69) is 0 Å². The number of hydrogen-bond acceptors (Lipinski definition) is 10. The summed E-state index contributed by atoms with van der Waals surface area (Å²) in [5, 5.41) is 59.0. The van der Waals surface area contributed by atoms with Crippen LogP contribution < -0.4 is 0 Å². The maximum atomic E-state index is 10.2. The summed E-state index contributed by atoms with van der Waals surface area (Å²) in [7, 11) is 1.27. The zero-order valence-corrected chi connectivity index (χ0v) is 13.5. The normalized spacial score (nSPS) is 50.0. The summed E-state index contributed by atoms with van der Waals surface area (Å²) in [6.07, 6.45) is -11.2. The van der Waals surface area contributed by atoms with Crippen LogP contribution in [0.1, 0.15) is 6.92 Å². The number of hydrogen-bond donors (Lipinski definition) is 6. The molecule has 0 saturated carbocycles. The van der Waals surface area contributed by atoms with Gasteiger partial charge in [0.25, 0.3) is 0 Å². The van der Waals surface area contributed by atoms with E-state index in [0.717, 1.165) is 0 Å². The van der Waals surface area contributed by atoms with Crippen molar-refractivity contribution in [1.29, 1.82) is 0 Å². The van der Waals surface area contributed by atoms with Gasteiger partial charge in [0, 0.05) is 13.0 Å². The molecule has 0 amide bonds. The van der Waals surface area contributed by atoms with Gasteiger partial charge < -0.3 is 49.6 Å². The Morgan fingerprint density at radius 1 is 0.792 bits per heavy atom. The highest BCUT2D eigenvalue weighted by atomic mass is 16.7. The van der Waals surface area contributed by atoms with Crippen molar-refractivity contribution in [3.8, 4) is 0 Å². The fourth-order valence-electron chi connectivity index (χ4n) is 2.96. The third-order valence-electron chi connectivity index (χ3n) is 4.59. The van der Waals surface area contributed by atoms with Gasteiger partial charge in [-0.05, 0) is 0 Å². The van der Waals surface area contributed by atoms with Crippen LogP contribution in [-0.4, -0.2) is 106 Å². The van der Waals surface area contributed by atoms with Crippen molar-refractivity contribution in [2.24, 2.45) is 5.92 Å². The lowest BCUT2D eigenvalue weighted by atomic mass is 9.91. The predicted molar refractivity (Wildman–Crippen MR) is 76.6 cm³/mol. The number of aliphatic hydroxyl groups is 6. The molecule has 2 aliphatic heterocycles. The van der Waals surface area contributed by atoms with Gasteiger partial charge in [-0.3, -0.25) is 0 Å². The van der Waals surface area contributed by atoms with Gasteiger partial charge in [-0.15, -0.1) is 0 Å². The highest BCUT2D eigenvalue weighted by molar-refractivity contribution is 4.93. The second-order valence-corrected chi connectivity index (χ2v) is 6.11. The van der Waals surface area contributed by atoms with Crippen LogP contribution in [0.5, 0.6) is 0 Å². The Morgan fingerprint density at radius 3 is 1.88 bits per heavy atom. The van der Waals surface area contributed by atoms with Crippen LogP contribution in [0.2, 0.25) is 0 Å². The Balaban J connectivity index is 2.12. The average Bonchev–Trinajstić information content (AvgIpc) is 2.59. The highest BCUT2D eigenvalue weighted by Crippen LogP contribution is 2.31. The van der Waals surface area contributed by atoms with Crippen LogP contribution in [0.3, 0.4) is 0 Å². The molecule has 10 atom stereocenters. The summed E-state index contributed by atoms with van der Waals surface area (Å²) in [4.78, 5) is 0. The third-order valence-corrected chi connectivity index (χ3v) is 4.59. The second-order valence-electron chi connectivity index (χ2n) is 6.11. The molecule has 0 aromatic rings. The van der Waals surface area contributed by atoms with Crippen LogP contribution in [0.15, 0.2) is 0 Å². The largest absolute Gasteiger partial charge is 0.394 e. The van der Waals surface area contributed by atoms with Gasteiger partial charge in [0.2, 0.25) is 0 Å². The molecule has 0 aliphatic carbocycles. The molecule has 0 radical (unpaired) electrons. The number of rotatable bonds is 5. The first-order valence-corrected chi connectivity index (χ1v) is 7.78. The molecule has 2 fully saturated rings. The number of ether oxygens (including phenoxy) is 4. The average molecular weight is 354 g/mol. The monoisotopic (exact) mass is 354 g/mol. The Bertz CT molecular complexity index is 392. The van der Waals surface area contributed by atoms with Gasteiger partial charge in [0.05, 0.1) is 25.4 Å². The van der Waals surface area contributed by atoms with Gasteiger partial charge in [-0.2, -0.15) is 0 Å². The van der Waals surface area contributed by atoms with E-state index in [-0.39, 0.29) is 0 Å². The van der Waals surface area contributed by atoms with Gasteiger partial charge >= 0.3 is 0 Å². The van der Waals surface area contributed by atoms with E-state index in [1.165, 1.54) is 7.11 Å². The van der Waals surface area contributed by atoms with E-state index in [0.29, 0.717) is 0 Å². The molecule has 142 valence electrons. The lowest BCUT2D eigenvalue weighted by Crippen LogP contribution is -2.63. The van der Waals surface area contributed by atoms with Crippen molar-refractivity contribution in [3.05, 3.63) is 0 Å². The Labute approximate surface area is 139 Å². The standard InChI is InChI=1S/C14H26O10/c1-5-6(3-15)22-14(10(19)8(5)17)24-12-7(4-16)23-13(21-2)11(20)9(12)18/h5-20H,3-4H2,1-2H3/t5-,6?,7+,8+,9?,10+,11?,12-,13-,14?/m1/s1. The lowest BCUT2D eigenvalue weighted by molar-refractivity contribution is -0.353. The quantitative estimate of drug-likeness (QED) is 0.293. The minimum Gasteiger partial charge on any atom is -0.394 e. The molecule has 2 heterocycles. The maximum absolute atomic E-state index is 10.2. The molecule has 2 saturated heterocycles. The minimum absolute atomic E-state index is 0.396. The predicted octanol–water partition coefficient (Wildman–Crippen LogP) is -3.47. The molecule has 0 aromatic heterocycles. The summed E-state index contributed by atoms with van der Waals surface area (Å²) in [6.45, 7) is 0.666. The molecule has 0 spiro atoms. The summed E-state index contributed by atoms with van der Waals surface area (Å²) in [5.74, 6) is -0.533. The lowest BCUT2D eigenvalue weighted by Gasteiger charge is -2.46. The number of aliphatic hydroxyl groups excluding tert-OH is 6. The Morgan fingerprint density at radius 2 is 1.33 bits per heavy atom. The minimum atomic E-state index is -1.49. The third kappa shape index (κ3) is 3.73. The van der Waals surface area contributed by atoms with Crippen LogP contribution in [0.25, 0.3) is 0 Å².